The van der Waals surface area contributed by atoms with Crippen LogP contribution in [0, 0.1) is 6.92 Å². The van der Waals surface area contributed by atoms with Crippen LogP contribution in [-0.2, 0) is 6.18 Å². The number of aryl methyl sites for hydroxylation is 1. The molecule has 0 fully saturated rings. The van der Waals surface area contributed by atoms with E-state index in [-0.39, 0.29) is 17.4 Å². The lowest BCUT2D eigenvalue weighted by Gasteiger charge is -2.09. The van der Waals surface area contributed by atoms with Gasteiger partial charge in [-0.15, -0.1) is 11.3 Å². The molecule has 2 heterocycles. The van der Waals surface area contributed by atoms with Crippen LogP contribution in [0.15, 0.2) is 54.6 Å². The number of Topliss-reactive ketones (excluding diaryl/α,β-unsaturated/α-hetero) is 1. The predicted molar refractivity (Wildman–Crippen MR) is 113 cm³/mol. The summed E-state index contributed by atoms with van der Waals surface area (Å²) in [4.78, 5) is 25.0. The Hall–Kier alpha value is -3.46. The maximum Gasteiger partial charge on any atom is 0.416 e. The number of amides is 1. The van der Waals surface area contributed by atoms with Crippen molar-refractivity contribution >= 4 is 38.9 Å². The number of carbonyl (C=O) groups excluding carboxylic acids is 2. The van der Waals surface area contributed by atoms with Crippen molar-refractivity contribution in [3.05, 3.63) is 76.3 Å². The molecule has 9 heteroatoms. The van der Waals surface area contributed by atoms with Gasteiger partial charge in [0.25, 0.3) is 5.91 Å². The van der Waals surface area contributed by atoms with Gasteiger partial charge in [-0.05, 0) is 62.4 Å². The Balaban J connectivity index is 1.66. The fourth-order valence-corrected chi connectivity index (χ4v) is 4.21. The molecule has 1 N–H and O–H groups in total. The molecule has 0 bridgehead atoms. The molecular weight excluding hydrogens is 427 g/mol. The number of ketones is 1. The topological polar surface area (TPSA) is 64.0 Å². The molecule has 0 aliphatic heterocycles. The van der Waals surface area contributed by atoms with Crippen LogP contribution in [0.2, 0.25) is 0 Å². The van der Waals surface area contributed by atoms with E-state index in [0.29, 0.717) is 32.0 Å². The second-order valence-corrected chi connectivity index (χ2v) is 7.99. The maximum atomic E-state index is 13.1. The number of alkyl halides is 3. The van der Waals surface area contributed by atoms with Crippen molar-refractivity contribution in [2.45, 2.75) is 20.0 Å². The van der Waals surface area contributed by atoms with E-state index in [9.17, 15) is 22.8 Å². The quantitative estimate of drug-likeness (QED) is 0.401. The van der Waals surface area contributed by atoms with Crippen LogP contribution in [0.1, 0.15) is 38.2 Å². The zero-order valence-corrected chi connectivity index (χ0v) is 17.3. The van der Waals surface area contributed by atoms with Gasteiger partial charge < -0.3 is 5.32 Å². The Labute approximate surface area is 179 Å². The van der Waals surface area contributed by atoms with Crippen molar-refractivity contribution < 1.29 is 22.8 Å². The molecule has 0 saturated carbocycles. The van der Waals surface area contributed by atoms with Gasteiger partial charge in [-0.3, -0.25) is 9.59 Å². The lowest BCUT2D eigenvalue weighted by Crippen LogP contribution is -2.10. The summed E-state index contributed by atoms with van der Waals surface area (Å²) < 4.78 is 40.7. The Morgan fingerprint density at radius 1 is 1.06 bits per heavy atom. The minimum absolute atomic E-state index is 0.0722. The van der Waals surface area contributed by atoms with Crippen LogP contribution in [0.4, 0.5) is 18.9 Å². The second kappa shape index (κ2) is 7.66. The van der Waals surface area contributed by atoms with Gasteiger partial charge >= 0.3 is 6.18 Å². The first-order valence-corrected chi connectivity index (χ1v) is 10.0. The van der Waals surface area contributed by atoms with Crippen LogP contribution < -0.4 is 5.32 Å². The van der Waals surface area contributed by atoms with Crippen LogP contribution in [-0.4, -0.2) is 21.5 Å². The standard InChI is InChI=1S/C22H16F3N3O2S/c1-12-18-11-19(20(30)26-16-8-6-14(7-9-16)13(2)29)31-21(18)28(27-12)17-5-3-4-15(10-17)22(23,24)25/h3-11H,1-2H3,(H,26,30). The zero-order chi connectivity index (χ0) is 22.3. The van der Waals surface area contributed by atoms with Crippen LogP contribution in [0.25, 0.3) is 15.9 Å². The normalized spacial score (nSPS) is 11.6. The highest BCUT2D eigenvalue weighted by Crippen LogP contribution is 2.34. The number of carbonyl (C=O) groups is 2. The number of rotatable bonds is 4. The molecule has 0 aliphatic carbocycles. The van der Waals surface area contributed by atoms with Crippen molar-refractivity contribution in [1.82, 2.24) is 9.78 Å². The molecule has 0 radical (unpaired) electrons. The predicted octanol–water partition coefficient (Wildman–Crippen LogP) is 5.87. The molecule has 0 spiro atoms. The first-order chi connectivity index (χ1) is 14.6. The van der Waals surface area contributed by atoms with Crippen molar-refractivity contribution in [2.24, 2.45) is 0 Å². The number of halogens is 3. The summed E-state index contributed by atoms with van der Waals surface area (Å²) in [6.07, 6.45) is -4.46. The summed E-state index contributed by atoms with van der Waals surface area (Å²) in [6, 6.07) is 13.1. The number of hydrogen-bond donors (Lipinski definition) is 1. The molecule has 0 atom stereocenters. The summed E-state index contributed by atoms with van der Waals surface area (Å²) in [7, 11) is 0. The number of nitrogens with one attached hydrogen (secondary N) is 1. The lowest BCUT2D eigenvalue weighted by molar-refractivity contribution is -0.137. The third-order valence-electron chi connectivity index (χ3n) is 4.74. The number of benzene rings is 2. The van der Waals surface area contributed by atoms with E-state index in [2.05, 4.69) is 10.4 Å². The monoisotopic (exact) mass is 443 g/mol. The molecule has 1 amide bonds. The smallest absolute Gasteiger partial charge is 0.321 e. The molecule has 2 aromatic carbocycles. The Bertz CT molecular complexity index is 1300. The van der Waals surface area contributed by atoms with Crippen molar-refractivity contribution in [2.75, 3.05) is 5.32 Å². The molecular formula is C22H16F3N3O2S. The average molecular weight is 443 g/mol. The number of thiophene rings is 1. The van der Waals surface area contributed by atoms with E-state index in [0.717, 1.165) is 23.5 Å². The fraction of sp³-hybridized carbons (Fsp3) is 0.136. The summed E-state index contributed by atoms with van der Waals surface area (Å²) in [5.41, 5.74) is 1.17. The number of aromatic nitrogens is 2. The van der Waals surface area contributed by atoms with E-state index >= 15 is 0 Å². The molecule has 0 aliphatic rings. The first kappa shape index (κ1) is 20.8. The molecule has 31 heavy (non-hydrogen) atoms. The summed E-state index contributed by atoms with van der Waals surface area (Å²) in [5, 5.41) is 7.81. The minimum Gasteiger partial charge on any atom is -0.321 e. The molecule has 4 rings (SSSR count). The molecule has 4 aromatic rings. The summed E-state index contributed by atoms with van der Waals surface area (Å²) in [5.74, 6) is -0.427. The van der Waals surface area contributed by atoms with Crippen LogP contribution in [0.5, 0.6) is 0 Å². The lowest BCUT2D eigenvalue weighted by atomic mass is 10.1. The summed E-state index contributed by atoms with van der Waals surface area (Å²) in [6.45, 7) is 3.20. The van der Waals surface area contributed by atoms with E-state index in [1.807, 2.05) is 0 Å². The highest BCUT2D eigenvalue weighted by atomic mass is 32.1. The van der Waals surface area contributed by atoms with Gasteiger partial charge in [0, 0.05) is 16.6 Å². The zero-order valence-electron chi connectivity index (χ0n) is 16.4. The Morgan fingerprint density at radius 3 is 2.42 bits per heavy atom. The fourth-order valence-electron chi connectivity index (χ4n) is 3.13. The van der Waals surface area contributed by atoms with Gasteiger partial charge in [0.2, 0.25) is 0 Å². The van der Waals surface area contributed by atoms with E-state index in [4.69, 9.17) is 0 Å². The van der Waals surface area contributed by atoms with Gasteiger partial charge in [0.1, 0.15) is 4.83 Å². The third kappa shape index (κ3) is 4.09. The average Bonchev–Trinajstić information content (AvgIpc) is 3.29. The number of fused-ring (bicyclic) bond motifs is 1. The van der Waals surface area contributed by atoms with Crippen molar-refractivity contribution in [3.63, 3.8) is 0 Å². The molecule has 5 nitrogen and oxygen atoms in total. The van der Waals surface area contributed by atoms with Crippen molar-refractivity contribution in [3.8, 4) is 5.69 Å². The Kier molecular flexibility index (Phi) is 5.14. The van der Waals surface area contributed by atoms with Crippen LogP contribution >= 0.6 is 11.3 Å². The largest absolute Gasteiger partial charge is 0.416 e. The highest BCUT2D eigenvalue weighted by Gasteiger charge is 2.31. The number of hydrogen-bond acceptors (Lipinski definition) is 4. The van der Waals surface area contributed by atoms with Crippen LogP contribution in [0.3, 0.4) is 0 Å². The minimum atomic E-state index is -4.46. The first-order valence-electron chi connectivity index (χ1n) is 9.22. The van der Waals surface area contributed by atoms with Crippen molar-refractivity contribution in [1.29, 1.82) is 0 Å². The Morgan fingerprint density at radius 2 is 1.77 bits per heavy atom. The molecule has 158 valence electrons. The third-order valence-corrected chi connectivity index (χ3v) is 5.85. The number of nitrogens with zero attached hydrogens (tertiary/aromatic N) is 2. The van der Waals surface area contributed by atoms with E-state index in [1.54, 1.807) is 37.3 Å². The van der Waals surface area contributed by atoms with Gasteiger partial charge in [0.05, 0.1) is 21.8 Å². The summed E-state index contributed by atoms with van der Waals surface area (Å²) >= 11 is 1.14. The van der Waals surface area contributed by atoms with Gasteiger partial charge in [-0.2, -0.15) is 18.3 Å². The van der Waals surface area contributed by atoms with E-state index < -0.39 is 11.7 Å². The number of anilines is 1. The van der Waals surface area contributed by atoms with Gasteiger partial charge in [0.15, 0.2) is 5.78 Å². The second-order valence-electron chi connectivity index (χ2n) is 6.96. The van der Waals surface area contributed by atoms with E-state index in [1.165, 1.54) is 23.7 Å². The highest BCUT2D eigenvalue weighted by molar-refractivity contribution is 7.20. The SMILES string of the molecule is CC(=O)c1ccc(NC(=O)c2cc3c(C)nn(-c4cccc(C(F)(F)F)c4)c3s2)cc1. The molecule has 0 saturated heterocycles. The maximum absolute atomic E-state index is 13.1. The van der Waals surface area contributed by atoms with Gasteiger partial charge in [-0.1, -0.05) is 6.07 Å². The molecule has 2 aromatic heterocycles. The van der Waals surface area contributed by atoms with Gasteiger partial charge in [-0.25, -0.2) is 4.68 Å². The molecule has 0 unspecified atom stereocenters.